The van der Waals surface area contributed by atoms with Crippen LogP contribution < -0.4 is 5.32 Å². The predicted molar refractivity (Wildman–Crippen MR) is 88.8 cm³/mol. The number of rotatable bonds is 7. The van der Waals surface area contributed by atoms with Gasteiger partial charge in [0.2, 0.25) is 0 Å². The van der Waals surface area contributed by atoms with E-state index in [1.54, 1.807) is 0 Å². The molecule has 0 aromatic rings. The van der Waals surface area contributed by atoms with Crippen LogP contribution in [0.2, 0.25) is 0 Å². The van der Waals surface area contributed by atoms with Gasteiger partial charge in [-0.15, -0.1) is 0 Å². The lowest BCUT2D eigenvalue weighted by Gasteiger charge is -2.47. The summed E-state index contributed by atoms with van der Waals surface area (Å²) in [5, 5.41) is 103. The number of nitrogens with zero attached hydrogens (tertiary/aromatic N) is 1. The first kappa shape index (κ1) is 25.1. The van der Waals surface area contributed by atoms with E-state index in [9.17, 15) is 55.9 Å². The highest BCUT2D eigenvalue weighted by Crippen LogP contribution is 2.53. The second-order valence-electron chi connectivity index (χ2n) is 7.69. The summed E-state index contributed by atoms with van der Waals surface area (Å²) < 4.78 is 0. The molecule has 11 N–H and O–H groups in total. The Kier molecular flexibility index (Phi) is 6.60. The Balaban J connectivity index is 3.29. The molecule has 0 radical (unpaired) electrons. The molecule has 1 aliphatic rings. The van der Waals surface area contributed by atoms with Crippen molar-refractivity contribution < 1.29 is 55.9 Å². The summed E-state index contributed by atoms with van der Waals surface area (Å²) in [5.74, 6) is -14.4. The Morgan fingerprint density at radius 3 is 1.89 bits per heavy atom. The van der Waals surface area contributed by atoms with E-state index in [0.717, 1.165) is 13.8 Å². The minimum atomic E-state index is -4.17. The third-order valence-electron chi connectivity index (χ3n) is 4.87. The van der Waals surface area contributed by atoms with Crippen LogP contribution in [0, 0.1) is 5.92 Å². The van der Waals surface area contributed by atoms with E-state index in [1.165, 1.54) is 13.8 Å². The molecule has 4 unspecified atom stereocenters. The molecule has 1 heterocycles. The minimum absolute atomic E-state index is 0.0365. The molecule has 1 rings (SSSR count). The summed E-state index contributed by atoms with van der Waals surface area (Å²) in [7, 11) is 0. The average Bonchev–Trinajstić information content (AvgIpc) is 2.58. The van der Waals surface area contributed by atoms with Crippen molar-refractivity contribution in [2.45, 2.75) is 81.8 Å². The number of hydrogen-bond acceptors (Lipinski definition) is 12. The van der Waals surface area contributed by atoms with Crippen molar-refractivity contribution in [1.82, 2.24) is 10.2 Å². The van der Waals surface area contributed by atoms with Gasteiger partial charge >= 0.3 is 0 Å². The van der Waals surface area contributed by atoms with Crippen LogP contribution in [-0.4, -0.2) is 103 Å². The fourth-order valence-electron chi connectivity index (χ4n) is 3.28. The van der Waals surface area contributed by atoms with Crippen LogP contribution in [0.1, 0.15) is 40.5 Å². The number of hydrogen-bond donors (Lipinski definition) is 11. The molecule has 13 nitrogen and oxygen atoms in total. The number of amides is 1. The first-order valence-electron chi connectivity index (χ1n) is 8.55. The van der Waals surface area contributed by atoms with Crippen molar-refractivity contribution in [2.24, 2.45) is 5.92 Å². The minimum Gasteiger partial charge on any atom is -0.383 e. The molecule has 0 aromatic carbocycles. The van der Waals surface area contributed by atoms with Crippen molar-refractivity contribution in [1.29, 1.82) is 0 Å². The molecular formula is C15H30N2O11. The highest BCUT2D eigenvalue weighted by Gasteiger charge is 2.84. The highest BCUT2D eigenvalue weighted by atomic mass is 16.7. The zero-order valence-electron chi connectivity index (χ0n) is 16.0. The zero-order chi connectivity index (χ0) is 22.5. The van der Waals surface area contributed by atoms with Crippen LogP contribution in [-0.2, 0) is 4.79 Å². The van der Waals surface area contributed by atoms with Crippen LogP contribution >= 0.6 is 0 Å². The van der Waals surface area contributed by atoms with Gasteiger partial charge in [0.25, 0.3) is 23.4 Å². The maximum atomic E-state index is 11.7. The van der Waals surface area contributed by atoms with Crippen LogP contribution in [0.15, 0.2) is 0 Å². The van der Waals surface area contributed by atoms with Gasteiger partial charge in [-0.1, -0.05) is 13.8 Å². The van der Waals surface area contributed by atoms with E-state index in [0.29, 0.717) is 0 Å². The highest BCUT2D eigenvalue weighted by molar-refractivity contribution is 5.80. The molecule has 1 aliphatic heterocycles. The fourth-order valence-corrected chi connectivity index (χ4v) is 3.28. The number of likely N-dealkylation sites (tertiary alicyclic amines) is 1. The molecule has 1 saturated heterocycles. The van der Waals surface area contributed by atoms with E-state index in [2.05, 4.69) is 0 Å². The summed E-state index contributed by atoms with van der Waals surface area (Å²) in [4.78, 5) is 11.5. The van der Waals surface area contributed by atoms with Gasteiger partial charge in [-0.2, -0.15) is 4.90 Å². The first-order chi connectivity index (χ1) is 12.3. The van der Waals surface area contributed by atoms with Crippen LogP contribution in [0.25, 0.3) is 0 Å². The lowest BCUT2D eigenvalue weighted by atomic mass is 9.88. The van der Waals surface area contributed by atoms with Gasteiger partial charge in [0.05, 0.1) is 0 Å². The smallest absolute Gasteiger partial charge is 0.294 e. The van der Waals surface area contributed by atoms with Crippen molar-refractivity contribution in [3.05, 3.63) is 0 Å². The molecule has 0 spiro atoms. The van der Waals surface area contributed by atoms with Gasteiger partial charge in [0.1, 0.15) is 18.1 Å². The summed E-state index contributed by atoms with van der Waals surface area (Å²) in [6, 6.07) is 0. The molecule has 1 fully saturated rings. The van der Waals surface area contributed by atoms with Gasteiger partial charge in [-0.25, -0.2) is 0 Å². The topological polar surface area (TPSA) is 235 Å². The van der Waals surface area contributed by atoms with Crippen LogP contribution in [0.5, 0.6) is 0 Å². The fraction of sp³-hybridized carbons (Fsp3) is 0.933. The quantitative estimate of drug-likeness (QED) is 0.176. The Morgan fingerprint density at radius 1 is 1.04 bits per heavy atom. The van der Waals surface area contributed by atoms with Crippen LogP contribution in [0.4, 0.5) is 0 Å². The Bertz CT molecular complexity index is 589. The normalized spacial score (nSPS) is 29.9. The molecular weight excluding hydrogens is 384 g/mol. The summed E-state index contributed by atoms with van der Waals surface area (Å²) >= 11 is 0. The number of carbonyl (C=O) groups is 1. The number of nitrogens with one attached hydrogen (secondary N) is 1. The first-order valence-corrected chi connectivity index (χ1v) is 8.55. The summed E-state index contributed by atoms with van der Waals surface area (Å²) in [5.41, 5.74) is -5.79. The lowest BCUT2D eigenvalue weighted by Crippen LogP contribution is -2.68. The Labute approximate surface area is 160 Å². The molecule has 1 amide bonds. The van der Waals surface area contributed by atoms with Gasteiger partial charge in [0, 0.05) is 12.3 Å². The van der Waals surface area contributed by atoms with Gasteiger partial charge in [0.15, 0.2) is 5.72 Å². The van der Waals surface area contributed by atoms with Crippen molar-refractivity contribution in [2.75, 3.05) is 0 Å². The van der Waals surface area contributed by atoms with E-state index in [-0.39, 0.29) is 11.3 Å². The monoisotopic (exact) mass is 414 g/mol. The zero-order valence-corrected chi connectivity index (χ0v) is 16.0. The van der Waals surface area contributed by atoms with Gasteiger partial charge in [-0.05, 0) is 20.3 Å². The van der Waals surface area contributed by atoms with Gasteiger partial charge in [-0.3, -0.25) is 4.79 Å². The van der Waals surface area contributed by atoms with E-state index < -0.39 is 59.5 Å². The molecule has 28 heavy (non-hydrogen) atoms. The molecule has 0 aliphatic carbocycles. The third-order valence-corrected chi connectivity index (χ3v) is 4.87. The number of carbonyl (C=O) groups excluding carboxylic acids is 1. The molecule has 0 aromatic heterocycles. The second kappa shape index (κ2) is 7.37. The Morgan fingerprint density at radius 2 is 1.50 bits per heavy atom. The maximum Gasteiger partial charge on any atom is 0.294 e. The van der Waals surface area contributed by atoms with E-state index in [4.69, 9.17) is 0 Å². The Hall–Kier alpha value is -0.970. The lowest BCUT2D eigenvalue weighted by molar-refractivity contribution is -0.447. The van der Waals surface area contributed by atoms with Crippen LogP contribution in [0.3, 0.4) is 0 Å². The van der Waals surface area contributed by atoms with E-state index in [1.807, 2.05) is 5.32 Å². The maximum absolute atomic E-state index is 11.7. The largest absolute Gasteiger partial charge is 0.383 e. The van der Waals surface area contributed by atoms with Crippen molar-refractivity contribution in [3.63, 3.8) is 0 Å². The standard InChI is InChI=1S/C15H30N2O11/c1-5-8(18)10(20)16-9(19)7(2)6-12(22)13(23,24)14(25,26)15(27,28)17(12)11(3,4)21/h7-9,18-19,21-28H,5-6H2,1-4H3,(H,16,20). The molecule has 13 heteroatoms. The summed E-state index contributed by atoms with van der Waals surface area (Å²) in [6.07, 6.45) is -4.20. The van der Waals surface area contributed by atoms with Gasteiger partial charge < -0.3 is 56.4 Å². The predicted octanol–water partition coefficient (Wildman–Crippen LogP) is -5.05. The molecule has 0 saturated carbocycles. The van der Waals surface area contributed by atoms with E-state index >= 15 is 0 Å². The number of aliphatic hydroxyl groups excluding tert-OH is 2. The third kappa shape index (κ3) is 3.64. The van der Waals surface area contributed by atoms with Crippen molar-refractivity contribution >= 4 is 5.91 Å². The second-order valence-corrected chi connectivity index (χ2v) is 7.69. The average molecular weight is 414 g/mol. The summed E-state index contributed by atoms with van der Waals surface area (Å²) in [6.45, 7) is 4.46. The molecule has 166 valence electrons. The molecule has 4 atom stereocenters. The SMILES string of the molecule is CCC(O)C(=O)NC(O)C(C)CC1(O)N(C(C)(C)O)C(O)(O)C(O)(O)C1(O)O. The molecule has 0 bridgehead atoms. The van der Waals surface area contributed by atoms with Crippen molar-refractivity contribution in [3.8, 4) is 0 Å². The number of aliphatic hydroxyl groups is 10.